The van der Waals surface area contributed by atoms with Crippen molar-refractivity contribution in [1.29, 1.82) is 0 Å². The highest BCUT2D eigenvalue weighted by atomic mass is 16.5. The maximum atomic E-state index is 12.0. The summed E-state index contributed by atoms with van der Waals surface area (Å²) in [6, 6.07) is 14.4. The molecule has 0 aromatic heterocycles. The van der Waals surface area contributed by atoms with Crippen LogP contribution >= 0.6 is 0 Å². The van der Waals surface area contributed by atoms with Crippen molar-refractivity contribution in [3.05, 3.63) is 59.7 Å². The Balaban J connectivity index is 2.08. The molecule has 3 heteroatoms. The van der Waals surface area contributed by atoms with Gasteiger partial charge in [-0.15, -0.1) is 0 Å². The summed E-state index contributed by atoms with van der Waals surface area (Å²) in [4.78, 5) is 12.0. The van der Waals surface area contributed by atoms with E-state index >= 15 is 0 Å². The number of hydrogen-bond donors (Lipinski definition) is 0. The molecule has 0 heterocycles. The second kappa shape index (κ2) is 6.24. The Morgan fingerprint density at radius 3 is 2.25 bits per heavy atom. The predicted octanol–water partition coefficient (Wildman–Crippen LogP) is 4.00. The van der Waals surface area contributed by atoms with E-state index in [2.05, 4.69) is 0 Å². The summed E-state index contributed by atoms with van der Waals surface area (Å²) in [5.41, 5.74) is 1.44. The quantitative estimate of drug-likeness (QED) is 0.622. The Hall–Kier alpha value is -2.29. The minimum absolute atomic E-state index is 0.111. The van der Waals surface area contributed by atoms with Crippen molar-refractivity contribution in [3.8, 4) is 11.5 Å². The van der Waals surface area contributed by atoms with Gasteiger partial charge in [-0.3, -0.25) is 0 Å². The van der Waals surface area contributed by atoms with E-state index in [-0.39, 0.29) is 12.1 Å². The molecule has 3 nitrogen and oxygen atoms in total. The fourth-order valence-corrected chi connectivity index (χ4v) is 1.77. The number of benzene rings is 2. The molecule has 0 saturated heterocycles. The number of hydrogen-bond acceptors (Lipinski definition) is 3. The summed E-state index contributed by atoms with van der Waals surface area (Å²) in [5, 5.41) is 0. The van der Waals surface area contributed by atoms with Gasteiger partial charge >= 0.3 is 5.97 Å². The van der Waals surface area contributed by atoms with Gasteiger partial charge in [0, 0.05) is 0 Å². The SMILES string of the molecule is Cc1ccccc1OC(=O)c1ccc(OC(C)C)cc1. The summed E-state index contributed by atoms with van der Waals surface area (Å²) >= 11 is 0. The van der Waals surface area contributed by atoms with E-state index in [0.717, 1.165) is 11.3 Å². The van der Waals surface area contributed by atoms with Gasteiger partial charge in [0.2, 0.25) is 0 Å². The molecule has 104 valence electrons. The molecule has 2 rings (SSSR count). The first kappa shape index (κ1) is 14.1. The summed E-state index contributed by atoms with van der Waals surface area (Å²) in [7, 11) is 0. The molecule has 0 saturated carbocycles. The number of esters is 1. The fraction of sp³-hybridized carbons (Fsp3) is 0.235. The topological polar surface area (TPSA) is 35.5 Å². The van der Waals surface area contributed by atoms with E-state index in [9.17, 15) is 4.79 Å². The zero-order chi connectivity index (χ0) is 14.5. The normalized spacial score (nSPS) is 10.4. The van der Waals surface area contributed by atoms with Crippen LogP contribution < -0.4 is 9.47 Å². The number of rotatable bonds is 4. The number of ether oxygens (including phenoxy) is 2. The number of carbonyl (C=O) groups is 1. The summed E-state index contributed by atoms with van der Waals surface area (Å²) in [5.74, 6) is 0.961. The second-order valence-electron chi connectivity index (χ2n) is 4.85. The smallest absolute Gasteiger partial charge is 0.343 e. The first-order valence-corrected chi connectivity index (χ1v) is 6.61. The maximum Gasteiger partial charge on any atom is 0.343 e. The third kappa shape index (κ3) is 3.60. The van der Waals surface area contributed by atoms with E-state index in [1.54, 1.807) is 30.3 Å². The average molecular weight is 270 g/mol. The maximum absolute atomic E-state index is 12.0. The zero-order valence-corrected chi connectivity index (χ0v) is 11.9. The van der Waals surface area contributed by atoms with Crippen molar-refractivity contribution in [2.75, 3.05) is 0 Å². The molecule has 0 N–H and O–H groups in total. The molecule has 0 bridgehead atoms. The molecule has 0 fully saturated rings. The minimum atomic E-state index is -0.365. The summed E-state index contributed by atoms with van der Waals surface area (Å²) in [6.07, 6.45) is 0.111. The standard InChI is InChI=1S/C17H18O3/c1-12(2)19-15-10-8-14(9-11-15)17(18)20-16-7-5-4-6-13(16)3/h4-12H,1-3H3. The zero-order valence-electron chi connectivity index (χ0n) is 11.9. The lowest BCUT2D eigenvalue weighted by Gasteiger charge is -2.10. The first-order valence-electron chi connectivity index (χ1n) is 6.61. The van der Waals surface area contributed by atoms with Crippen molar-refractivity contribution in [3.63, 3.8) is 0 Å². The number of para-hydroxylation sites is 1. The molecule has 0 aliphatic carbocycles. The molecule has 2 aromatic carbocycles. The van der Waals surface area contributed by atoms with Gasteiger partial charge in [-0.2, -0.15) is 0 Å². The van der Waals surface area contributed by atoms with E-state index in [4.69, 9.17) is 9.47 Å². The Kier molecular flexibility index (Phi) is 4.41. The van der Waals surface area contributed by atoms with Crippen molar-refractivity contribution in [1.82, 2.24) is 0 Å². The van der Waals surface area contributed by atoms with Gasteiger partial charge in [-0.1, -0.05) is 18.2 Å². The van der Waals surface area contributed by atoms with Crippen LogP contribution in [0.3, 0.4) is 0 Å². The molecule has 0 amide bonds. The van der Waals surface area contributed by atoms with E-state index in [1.807, 2.05) is 39.0 Å². The first-order chi connectivity index (χ1) is 9.56. The minimum Gasteiger partial charge on any atom is -0.491 e. The molecule has 0 spiro atoms. The van der Waals surface area contributed by atoms with Crippen molar-refractivity contribution < 1.29 is 14.3 Å². The third-order valence-electron chi connectivity index (χ3n) is 2.76. The van der Waals surface area contributed by atoms with Gasteiger partial charge in [0.1, 0.15) is 11.5 Å². The lowest BCUT2D eigenvalue weighted by Crippen LogP contribution is -2.10. The molecule has 0 aliphatic heterocycles. The van der Waals surface area contributed by atoms with Crippen LogP contribution in [0.5, 0.6) is 11.5 Å². The Morgan fingerprint density at radius 2 is 1.65 bits per heavy atom. The molecule has 2 aromatic rings. The highest BCUT2D eigenvalue weighted by Gasteiger charge is 2.10. The van der Waals surface area contributed by atoms with Gasteiger partial charge in [-0.25, -0.2) is 4.79 Å². The molecule has 0 unspecified atom stereocenters. The lowest BCUT2D eigenvalue weighted by molar-refractivity contribution is 0.0733. The molecule has 0 radical (unpaired) electrons. The Labute approximate surface area is 119 Å². The van der Waals surface area contributed by atoms with Crippen molar-refractivity contribution >= 4 is 5.97 Å². The molecular weight excluding hydrogens is 252 g/mol. The third-order valence-corrected chi connectivity index (χ3v) is 2.76. The second-order valence-corrected chi connectivity index (χ2v) is 4.85. The van der Waals surface area contributed by atoms with Crippen LogP contribution in [-0.2, 0) is 0 Å². The van der Waals surface area contributed by atoms with Crippen LogP contribution in [0.15, 0.2) is 48.5 Å². The van der Waals surface area contributed by atoms with E-state index in [0.29, 0.717) is 11.3 Å². The van der Waals surface area contributed by atoms with Crippen LogP contribution in [0.25, 0.3) is 0 Å². The highest BCUT2D eigenvalue weighted by molar-refractivity contribution is 5.91. The van der Waals surface area contributed by atoms with Gasteiger partial charge < -0.3 is 9.47 Å². The van der Waals surface area contributed by atoms with Crippen LogP contribution in [0.1, 0.15) is 29.8 Å². The number of aryl methyl sites for hydroxylation is 1. The molecule has 20 heavy (non-hydrogen) atoms. The van der Waals surface area contributed by atoms with E-state index < -0.39 is 0 Å². The summed E-state index contributed by atoms with van der Waals surface area (Å²) in [6.45, 7) is 5.82. The molecular formula is C17H18O3. The Bertz CT molecular complexity index is 585. The lowest BCUT2D eigenvalue weighted by atomic mass is 10.2. The van der Waals surface area contributed by atoms with Crippen LogP contribution in [0.4, 0.5) is 0 Å². The van der Waals surface area contributed by atoms with Crippen LogP contribution in [0, 0.1) is 6.92 Å². The fourth-order valence-electron chi connectivity index (χ4n) is 1.77. The monoisotopic (exact) mass is 270 g/mol. The number of carbonyl (C=O) groups excluding carboxylic acids is 1. The molecule has 0 aliphatic rings. The molecule has 0 atom stereocenters. The van der Waals surface area contributed by atoms with Crippen molar-refractivity contribution in [2.24, 2.45) is 0 Å². The predicted molar refractivity (Wildman–Crippen MR) is 78.3 cm³/mol. The van der Waals surface area contributed by atoms with Gasteiger partial charge in [0.25, 0.3) is 0 Å². The van der Waals surface area contributed by atoms with Crippen molar-refractivity contribution in [2.45, 2.75) is 26.9 Å². The van der Waals surface area contributed by atoms with Crippen LogP contribution in [0.2, 0.25) is 0 Å². The largest absolute Gasteiger partial charge is 0.491 e. The highest BCUT2D eigenvalue weighted by Crippen LogP contribution is 2.19. The van der Waals surface area contributed by atoms with E-state index in [1.165, 1.54) is 0 Å². The van der Waals surface area contributed by atoms with Crippen LogP contribution in [-0.4, -0.2) is 12.1 Å². The van der Waals surface area contributed by atoms with Gasteiger partial charge in [0.05, 0.1) is 11.7 Å². The Morgan fingerprint density at radius 1 is 1.00 bits per heavy atom. The van der Waals surface area contributed by atoms with Gasteiger partial charge in [0.15, 0.2) is 0 Å². The van der Waals surface area contributed by atoms with Gasteiger partial charge in [-0.05, 0) is 56.7 Å². The average Bonchev–Trinajstić information content (AvgIpc) is 2.41. The summed E-state index contributed by atoms with van der Waals surface area (Å²) < 4.78 is 10.9.